The maximum Gasteiger partial charge on any atom is 0.269 e. The highest BCUT2D eigenvalue weighted by Gasteiger charge is 2.34. The minimum atomic E-state index is -0.599. The summed E-state index contributed by atoms with van der Waals surface area (Å²) < 4.78 is 1.93. The van der Waals surface area contributed by atoms with Gasteiger partial charge in [-0.2, -0.15) is 0 Å². The molecule has 1 aliphatic rings. The van der Waals surface area contributed by atoms with E-state index in [4.69, 9.17) is 0 Å². The van der Waals surface area contributed by atoms with Crippen LogP contribution in [0.5, 0.6) is 0 Å². The number of rotatable bonds is 5. The minimum Gasteiger partial charge on any atom is -0.329 e. The fourth-order valence-electron chi connectivity index (χ4n) is 4.40. The normalized spacial score (nSPS) is 15.1. The second kappa shape index (κ2) is 8.47. The standard InChI is InChI=1S/C26H23N5O3/c1-3-17-11-13-19(14-12-17)28-25(32)23-16(2)27-26-29-21-9-4-5-10-22(21)30(26)24(23)18-7-6-8-20(15-18)31(33)34/h4-15,24H,3H2,1-2H3,(H,27,29)(H,28,32). The van der Waals surface area contributed by atoms with Gasteiger partial charge in [0.05, 0.1) is 27.6 Å². The number of non-ortho nitro benzene ring substituents is 1. The zero-order valence-corrected chi connectivity index (χ0v) is 18.8. The molecule has 0 bridgehead atoms. The lowest BCUT2D eigenvalue weighted by Gasteiger charge is -2.30. The van der Waals surface area contributed by atoms with Gasteiger partial charge in [-0.25, -0.2) is 4.98 Å². The summed E-state index contributed by atoms with van der Waals surface area (Å²) in [5.74, 6) is 0.299. The summed E-state index contributed by atoms with van der Waals surface area (Å²) in [6.07, 6.45) is 0.910. The van der Waals surface area contributed by atoms with Gasteiger partial charge in [-0.3, -0.25) is 19.5 Å². The average Bonchev–Trinajstić information content (AvgIpc) is 3.21. The third kappa shape index (κ3) is 3.69. The molecule has 1 aromatic heterocycles. The molecule has 0 fully saturated rings. The second-order valence-electron chi connectivity index (χ2n) is 8.22. The van der Waals surface area contributed by atoms with Crippen LogP contribution in [0.25, 0.3) is 11.0 Å². The topological polar surface area (TPSA) is 102 Å². The molecular weight excluding hydrogens is 430 g/mol. The number of hydrogen-bond acceptors (Lipinski definition) is 5. The van der Waals surface area contributed by atoms with Crippen molar-refractivity contribution < 1.29 is 9.72 Å². The van der Waals surface area contributed by atoms with Crippen molar-refractivity contribution in [3.05, 3.63) is 105 Å². The van der Waals surface area contributed by atoms with Crippen LogP contribution in [0.1, 0.15) is 31.0 Å². The second-order valence-corrected chi connectivity index (χ2v) is 8.22. The molecule has 1 amide bonds. The monoisotopic (exact) mass is 453 g/mol. The summed E-state index contributed by atoms with van der Waals surface area (Å²) in [6.45, 7) is 3.90. The molecule has 8 heteroatoms. The Bertz CT molecular complexity index is 1450. The number of imidazole rings is 1. The first-order chi connectivity index (χ1) is 16.5. The molecule has 2 heterocycles. The number of fused-ring (bicyclic) bond motifs is 3. The van der Waals surface area contributed by atoms with Gasteiger partial charge in [-0.15, -0.1) is 0 Å². The molecule has 3 aromatic carbocycles. The molecule has 0 saturated carbocycles. The van der Waals surface area contributed by atoms with Crippen molar-refractivity contribution in [2.45, 2.75) is 26.3 Å². The summed E-state index contributed by atoms with van der Waals surface area (Å²) >= 11 is 0. The number of carbonyl (C=O) groups excluding carboxylic acids is 1. The summed E-state index contributed by atoms with van der Waals surface area (Å²) in [6, 6.07) is 21.2. The third-order valence-electron chi connectivity index (χ3n) is 6.09. The number of nitrogens with one attached hydrogen (secondary N) is 2. The highest BCUT2D eigenvalue weighted by Crippen LogP contribution is 2.40. The molecule has 0 spiro atoms. The number of allylic oxidation sites excluding steroid dienone is 1. The smallest absolute Gasteiger partial charge is 0.269 e. The van der Waals surface area contributed by atoms with Crippen LogP contribution in [0.4, 0.5) is 17.3 Å². The molecule has 0 saturated heterocycles. The van der Waals surface area contributed by atoms with E-state index >= 15 is 0 Å². The van der Waals surface area contributed by atoms with Crippen LogP contribution in [-0.2, 0) is 11.2 Å². The summed E-state index contributed by atoms with van der Waals surface area (Å²) in [4.78, 5) is 29.4. The SMILES string of the molecule is CCc1ccc(NC(=O)C2=C(C)Nc3nc4ccccc4n3C2c2cccc([N+](=O)[O-])c2)cc1. The Hall–Kier alpha value is -4.46. The van der Waals surface area contributed by atoms with Gasteiger partial charge in [0.2, 0.25) is 5.95 Å². The Morgan fingerprint density at radius 3 is 2.62 bits per heavy atom. The maximum atomic E-state index is 13.6. The lowest BCUT2D eigenvalue weighted by Crippen LogP contribution is -2.31. The molecule has 8 nitrogen and oxygen atoms in total. The lowest BCUT2D eigenvalue weighted by atomic mass is 9.94. The van der Waals surface area contributed by atoms with Crippen molar-refractivity contribution in [3.8, 4) is 0 Å². The zero-order valence-electron chi connectivity index (χ0n) is 18.8. The molecule has 1 atom stereocenters. The van der Waals surface area contributed by atoms with Gasteiger partial charge in [0, 0.05) is 23.5 Å². The van der Waals surface area contributed by atoms with Crippen LogP contribution >= 0.6 is 0 Å². The van der Waals surface area contributed by atoms with Crippen molar-refractivity contribution in [2.75, 3.05) is 10.6 Å². The van der Waals surface area contributed by atoms with Crippen molar-refractivity contribution in [1.82, 2.24) is 9.55 Å². The van der Waals surface area contributed by atoms with Gasteiger partial charge in [0.25, 0.3) is 11.6 Å². The predicted octanol–water partition coefficient (Wildman–Crippen LogP) is 5.43. The fraction of sp³-hybridized carbons (Fsp3) is 0.154. The number of nitro benzene ring substituents is 1. The summed E-state index contributed by atoms with van der Waals surface area (Å²) in [5, 5.41) is 17.8. The fourth-order valence-corrected chi connectivity index (χ4v) is 4.40. The van der Waals surface area contributed by atoms with Gasteiger partial charge in [0.15, 0.2) is 0 Å². The van der Waals surface area contributed by atoms with E-state index in [1.165, 1.54) is 17.7 Å². The Morgan fingerprint density at radius 2 is 1.88 bits per heavy atom. The van der Waals surface area contributed by atoms with E-state index in [9.17, 15) is 14.9 Å². The number of anilines is 2. The molecular formula is C26H23N5O3. The Balaban J connectivity index is 1.65. The van der Waals surface area contributed by atoms with Crippen molar-refractivity contribution in [1.29, 1.82) is 0 Å². The highest BCUT2D eigenvalue weighted by atomic mass is 16.6. The van der Waals surface area contributed by atoms with E-state index < -0.39 is 11.0 Å². The van der Waals surface area contributed by atoms with Crippen LogP contribution in [0, 0.1) is 10.1 Å². The maximum absolute atomic E-state index is 13.6. The molecule has 0 radical (unpaired) electrons. The molecule has 5 rings (SSSR count). The summed E-state index contributed by atoms with van der Waals surface area (Å²) in [7, 11) is 0. The van der Waals surface area contributed by atoms with E-state index in [1.54, 1.807) is 12.1 Å². The molecule has 1 unspecified atom stereocenters. The minimum absolute atomic E-state index is 0.0328. The lowest BCUT2D eigenvalue weighted by molar-refractivity contribution is -0.384. The molecule has 0 aliphatic carbocycles. The number of hydrogen-bond donors (Lipinski definition) is 2. The first kappa shape index (κ1) is 21.4. The highest BCUT2D eigenvalue weighted by molar-refractivity contribution is 6.06. The van der Waals surface area contributed by atoms with E-state index in [1.807, 2.05) is 60.0 Å². The molecule has 4 aromatic rings. The average molecular weight is 454 g/mol. The van der Waals surface area contributed by atoms with Crippen LogP contribution < -0.4 is 10.6 Å². The molecule has 1 aliphatic heterocycles. The number of carbonyl (C=O) groups is 1. The van der Waals surface area contributed by atoms with Crippen molar-refractivity contribution in [2.24, 2.45) is 0 Å². The molecule has 2 N–H and O–H groups in total. The van der Waals surface area contributed by atoms with Crippen LogP contribution in [0.2, 0.25) is 0 Å². The van der Waals surface area contributed by atoms with Gasteiger partial charge in [-0.05, 0) is 48.7 Å². The Kier molecular flexibility index (Phi) is 5.33. The number of benzene rings is 3. The van der Waals surface area contributed by atoms with Crippen molar-refractivity contribution >= 4 is 34.3 Å². The van der Waals surface area contributed by atoms with Crippen LogP contribution in [0.3, 0.4) is 0 Å². The first-order valence-electron chi connectivity index (χ1n) is 11.1. The van der Waals surface area contributed by atoms with Crippen LogP contribution in [-0.4, -0.2) is 20.4 Å². The zero-order chi connectivity index (χ0) is 23.8. The Labute approximate surface area is 196 Å². The summed E-state index contributed by atoms with van der Waals surface area (Å²) in [5.41, 5.74) is 5.16. The van der Waals surface area contributed by atoms with E-state index in [0.717, 1.165) is 17.5 Å². The number of aromatic nitrogens is 2. The van der Waals surface area contributed by atoms with Gasteiger partial charge >= 0.3 is 0 Å². The number of nitro groups is 1. The molecule has 170 valence electrons. The van der Waals surface area contributed by atoms with E-state index in [-0.39, 0.29) is 11.6 Å². The Morgan fingerprint density at radius 1 is 1.12 bits per heavy atom. The van der Waals surface area contributed by atoms with Crippen molar-refractivity contribution in [3.63, 3.8) is 0 Å². The number of aryl methyl sites for hydroxylation is 1. The number of amides is 1. The van der Waals surface area contributed by atoms with Crippen LogP contribution in [0.15, 0.2) is 84.1 Å². The van der Waals surface area contributed by atoms with Gasteiger partial charge in [0.1, 0.15) is 0 Å². The first-order valence-corrected chi connectivity index (χ1v) is 11.1. The van der Waals surface area contributed by atoms with Gasteiger partial charge in [-0.1, -0.05) is 43.3 Å². The number of nitrogens with zero attached hydrogens (tertiary/aromatic N) is 3. The quantitative estimate of drug-likeness (QED) is 0.310. The van der Waals surface area contributed by atoms with Gasteiger partial charge < -0.3 is 10.6 Å². The number of para-hydroxylation sites is 2. The largest absolute Gasteiger partial charge is 0.329 e. The third-order valence-corrected chi connectivity index (χ3v) is 6.09. The van der Waals surface area contributed by atoms with E-state index in [2.05, 4.69) is 22.5 Å². The van der Waals surface area contributed by atoms with E-state index in [0.29, 0.717) is 28.5 Å². The predicted molar refractivity (Wildman–Crippen MR) is 132 cm³/mol. The molecule has 34 heavy (non-hydrogen) atoms.